The molecule has 3 aromatic carbocycles. The summed E-state index contributed by atoms with van der Waals surface area (Å²) in [5.41, 5.74) is 0.825. The SMILES string of the molecule is COc1cccc(NS(=O)(=O)c2ccc(NC(=O)COc3cccc(OC)c3)cc2)c1. The van der Waals surface area contributed by atoms with E-state index in [9.17, 15) is 13.2 Å². The van der Waals surface area contributed by atoms with Crippen LogP contribution in [0.3, 0.4) is 0 Å². The fourth-order valence-corrected chi connectivity index (χ4v) is 3.70. The average Bonchev–Trinajstić information content (AvgIpc) is 2.78. The van der Waals surface area contributed by atoms with Gasteiger partial charge in [0, 0.05) is 17.8 Å². The largest absolute Gasteiger partial charge is 0.497 e. The third-order valence-electron chi connectivity index (χ3n) is 4.18. The van der Waals surface area contributed by atoms with E-state index in [-0.39, 0.29) is 17.4 Å². The highest BCUT2D eigenvalue weighted by atomic mass is 32.2. The smallest absolute Gasteiger partial charge is 0.262 e. The molecule has 8 nitrogen and oxygen atoms in total. The molecule has 0 atom stereocenters. The first-order valence-corrected chi connectivity index (χ1v) is 10.7. The monoisotopic (exact) mass is 442 g/mol. The lowest BCUT2D eigenvalue weighted by molar-refractivity contribution is -0.118. The van der Waals surface area contributed by atoms with Crippen molar-refractivity contribution in [2.24, 2.45) is 0 Å². The normalized spacial score (nSPS) is 10.8. The molecule has 2 N–H and O–H groups in total. The average molecular weight is 442 g/mol. The molecule has 3 rings (SSSR count). The van der Waals surface area contributed by atoms with E-state index < -0.39 is 10.0 Å². The van der Waals surface area contributed by atoms with Crippen molar-refractivity contribution in [3.63, 3.8) is 0 Å². The first-order valence-electron chi connectivity index (χ1n) is 9.23. The van der Waals surface area contributed by atoms with Gasteiger partial charge in [0.25, 0.3) is 15.9 Å². The predicted molar refractivity (Wildman–Crippen MR) is 117 cm³/mol. The third-order valence-corrected chi connectivity index (χ3v) is 5.58. The number of amides is 1. The number of nitrogens with one attached hydrogen (secondary N) is 2. The van der Waals surface area contributed by atoms with E-state index in [1.807, 2.05) is 0 Å². The van der Waals surface area contributed by atoms with Crippen LogP contribution in [0, 0.1) is 0 Å². The topological polar surface area (TPSA) is 103 Å². The Labute approximate surface area is 180 Å². The van der Waals surface area contributed by atoms with E-state index in [0.29, 0.717) is 28.6 Å². The molecule has 0 unspecified atom stereocenters. The molecule has 0 saturated heterocycles. The van der Waals surface area contributed by atoms with Crippen LogP contribution in [0.25, 0.3) is 0 Å². The molecule has 9 heteroatoms. The molecule has 0 bridgehead atoms. The van der Waals surface area contributed by atoms with Crippen molar-refractivity contribution in [1.82, 2.24) is 0 Å². The molecule has 31 heavy (non-hydrogen) atoms. The van der Waals surface area contributed by atoms with Gasteiger partial charge in [-0.3, -0.25) is 9.52 Å². The van der Waals surface area contributed by atoms with E-state index in [1.165, 1.54) is 31.4 Å². The van der Waals surface area contributed by atoms with Gasteiger partial charge in [0.2, 0.25) is 0 Å². The van der Waals surface area contributed by atoms with Crippen LogP contribution >= 0.6 is 0 Å². The Hall–Kier alpha value is -3.72. The van der Waals surface area contributed by atoms with Crippen molar-refractivity contribution < 1.29 is 27.4 Å². The summed E-state index contributed by atoms with van der Waals surface area (Å²) in [7, 11) is -0.745. The van der Waals surface area contributed by atoms with Crippen LogP contribution in [0.15, 0.2) is 77.7 Å². The summed E-state index contributed by atoms with van der Waals surface area (Å²) in [5, 5.41) is 2.66. The lowest BCUT2D eigenvalue weighted by atomic mass is 10.3. The number of methoxy groups -OCH3 is 2. The number of carbonyl (C=O) groups is 1. The van der Waals surface area contributed by atoms with E-state index in [2.05, 4.69) is 10.0 Å². The number of sulfonamides is 1. The van der Waals surface area contributed by atoms with Crippen molar-refractivity contribution in [3.05, 3.63) is 72.8 Å². The first kappa shape index (κ1) is 22.0. The molecule has 0 radical (unpaired) electrons. The van der Waals surface area contributed by atoms with Crippen molar-refractivity contribution in [2.75, 3.05) is 30.9 Å². The molecule has 0 aromatic heterocycles. The second kappa shape index (κ2) is 9.86. The van der Waals surface area contributed by atoms with E-state index in [1.54, 1.807) is 55.6 Å². The molecule has 0 aliphatic rings. The quantitative estimate of drug-likeness (QED) is 0.526. The van der Waals surface area contributed by atoms with Crippen LogP contribution in [0.5, 0.6) is 17.2 Å². The summed E-state index contributed by atoms with van der Waals surface area (Å²) in [6.07, 6.45) is 0. The standard InChI is InChI=1S/C22H22N2O6S/c1-28-18-6-3-5-17(13-18)24-31(26,27)21-11-9-16(10-12-21)23-22(25)15-30-20-8-4-7-19(14-20)29-2/h3-14,24H,15H2,1-2H3,(H,23,25). The Bertz CT molecular complexity index is 1150. The molecule has 0 spiro atoms. The fraction of sp³-hybridized carbons (Fsp3) is 0.136. The number of ether oxygens (including phenoxy) is 3. The molecule has 1 amide bonds. The van der Waals surface area contributed by atoms with Crippen molar-refractivity contribution >= 4 is 27.3 Å². The lowest BCUT2D eigenvalue weighted by Crippen LogP contribution is -2.20. The molecule has 0 heterocycles. The van der Waals surface area contributed by atoms with Gasteiger partial charge in [-0.05, 0) is 48.5 Å². The van der Waals surface area contributed by atoms with Crippen LogP contribution in [0.1, 0.15) is 0 Å². The van der Waals surface area contributed by atoms with Gasteiger partial charge in [0.05, 0.1) is 24.8 Å². The van der Waals surface area contributed by atoms with Crippen molar-refractivity contribution in [3.8, 4) is 17.2 Å². The molecular weight excluding hydrogens is 420 g/mol. The summed E-state index contributed by atoms with van der Waals surface area (Å²) in [6, 6.07) is 19.3. The summed E-state index contributed by atoms with van der Waals surface area (Å²) in [6.45, 7) is -0.204. The zero-order valence-corrected chi connectivity index (χ0v) is 17.8. The molecule has 0 aliphatic heterocycles. The van der Waals surface area contributed by atoms with Gasteiger partial charge in [-0.15, -0.1) is 0 Å². The van der Waals surface area contributed by atoms with Crippen molar-refractivity contribution in [1.29, 1.82) is 0 Å². The fourth-order valence-electron chi connectivity index (χ4n) is 2.65. The predicted octanol–water partition coefficient (Wildman–Crippen LogP) is 3.52. The highest BCUT2D eigenvalue weighted by Crippen LogP contribution is 2.22. The van der Waals surface area contributed by atoms with E-state index in [4.69, 9.17) is 14.2 Å². The van der Waals surface area contributed by atoms with Crippen molar-refractivity contribution in [2.45, 2.75) is 4.90 Å². The van der Waals surface area contributed by atoms with Gasteiger partial charge in [-0.25, -0.2) is 8.42 Å². The Morgan fingerprint density at radius 2 is 1.42 bits per heavy atom. The van der Waals surface area contributed by atoms with Crippen LogP contribution < -0.4 is 24.2 Å². The van der Waals surface area contributed by atoms with Gasteiger partial charge in [0.1, 0.15) is 17.2 Å². The summed E-state index contributed by atoms with van der Waals surface area (Å²) in [5.74, 6) is 1.28. The Morgan fingerprint density at radius 1 is 0.806 bits per heavy atom. The third kappa shape index (κ3) is 6.13. The maximum Gasteiger partial charge on any atom is 0.262 e. The van der Waals surface area contributed by atoms with E-state index >= 15 is 0 Å². The number of benzene rings is 3. The van der Waals surface area contributed by atoms with Crippen LogP contribution in [0.2, 0.25) is 0 Å². The highest BCUT2D eigenvalue weighted by Gasteiger charge is 2.15. The van der Waals surface area contributed by atoms with Crippen LogP contribution in [-0.4, -0.2) is 35.2 Å². The van der Waals surface area contributed by atoms with Gasteiger partial charge in [-0.1, -0.05) is 12.1 Å². The summed E-state index contributed by atoms with van der Waals surface area (Å²) in [4.78, 5) is 12.2. The van der Waals surface area contributed by atoms with Gasteiger partial charge >= 0.3 is 0 Å². The molecule has 0 fully saturated rings. The highest BCUT2D eigenvalue weighted by molar-refractivity contribution is 7.92. The molecule has 3 aromatic rings. The first-order chi connectivity index (χ1) is 14.9. The van der Waals surface area contributed by atoms with Gasteiger partial charge in [0.15, 0.2) is 6.61 Å². The minimum atomic E-state index is -3.79. The number of hydrogen-bond donors (Lipinski definition) is 2. The number of anilines is 2. The minimum absolute atomic E-state index is 0.0564. The molecular formula is C22H22N2O6S. The Kier molecular flexibility index (Phi) is 6.99. The van der Waals surface area contributed by atoms with Gasteiger partial charge in [-0.2, -0.15) is 0 Å². The van der Waals surface area contributed by atoms with E-state index in [0.717, 1.165) is 0 Å². The number of hydrogen-bond acceptors (Lipinski definition) is 6. The molecule has 0 saturated carbocycles. The maximum atomic E-state index is 12.6. The van der Waals surface area contributed by atoms with Crippen LogP contribution in [0.4, 0.5) is 11.4 Å². The second-order valence-corrected chi connectivity index (χ2v) is 8.06. The summed E-state index contributed by atoms with van der Waals surface area (Å²) < 4.78 is 43.3. The number of rotatable bonds is 9. The molecule has 162 valence electrons. The lowest BCUT2D eigenvalue weighted by Gasteiger charge is -2.11. The zero-order chi connectivity index (χ0) is 22.3. The molecule has 0 aliphatic carbocycles. The zero-order valence-electron chi connectivity index (χ0n) is 17.0. The maximum absolute atomic E-state index is 12.6. The Morgan fingerprint density at radius 3 is 2.10 bits per heavy atom. The Balaban J connectivity index is 1.59. The summed E-state index contributed by atoms with van der Waals surface area (Å²) >= 11 is 0. The minimum Gasteiger partial charge on any atom is -0.497 e. The van der Waals surface area contributed by atoms with Crippen LogP contribution in [-0.2, 0) is 14.8 Å². The van der Waals surface area contributed by atoms with Gasteiger partial charge < -0.3 is 19.5 Å². The number of carbonyl (C=O) groups excluding carboxylic acids is 1. The second-order valence-electron chi connectivity index (χ2n) is 6.38.